The number of nitrogens with zero attached hydrogens (tertiary/aromatic N) is 2. The molecule has 1 aromatic heterocycles. The first-order chi connectivity index (χ1) is 15.0. The van der Waals surface area contributed by atoms with Gasteiger partial charge in [0.1, 0.15) is 12.2 Å². The maximum absolute atomic E-state index is 12.4. The van der Waals surface area contributed by atoms with Crippen LogP contribution in [0.15, 0.2) is 59.4 Å². The van der Waals surface area contributed by atoms with Gasteiger partial charge in [-0.3, -0.25) is 14.4 Å². The van der Waals surface area contributed by atoms with Crippen LogP contribution in [0, 0.1) is 6.92 Å². The molecule has 0 saturated carbocycles. The van der Waals surface area contributed by atoms with E-state index in [0.29, 0.717) is 17.2 Å². The number of nitrogens with one attached hydrogen (secondary N) is 2. The second-order valence-electron chi connectivity index (χ2n) is 7.00. The van der Waals surface area contributed by atoms with Crippen LogP contribution in [-0.4, -0.2) is 28.4 Å². The Morgan fingerprint density at radius 3 is 2.61 bits per heavy atom. The number of hydrogen-bond acceptors (Lipinski definition) is 6. The second kappa shape index (κ2) is 8.70. The van der Waals surface area contributed by atoms with E-state index in [1.807, 2.05) is 25.1 Å². The molecule has 3 aromatic rings. The van der Waals surface area contributed by atoms with E-state index in [2.05, 4.69) is 15.7 Å². The smallest absolute Gasteiger partial charge is 0.276 e. The molecule has 1 aliphatic rings. The fraction of sp³-hybridized carbons (Fsp3) is 0.182. The summed E-state index contributed by atoms with van der Waals surface area (Å²) < 4.78 is 11.5. The number of fused-ring (bicyclic) bond motifs is 1. The predicted molar refractivity (Wildman–Crippen MR) is 112 cm³/mol. The van der Waals surface area contributed by atoms with E-state index in [-0.39, 0.29) is 25.6 Å². The SMILES string of the molecule is Cc1ccc(NC(=O)c2ccc(=O)n(CC(=O)NCc3ccc4c(c3)OCO4)n2)cc1. The van der Waals surface area contributed by atoms with Gasteiger partial charge in [0, 0.05) is 18.3 Å². The highest BCUT2D eigenvalue weighted by atomic mass is 16.7. The first-order valence-corrected chi connectivity index (χ1v) is 9.59. The Bertz CT molecular complexity index is 1190. The normalized spacial score (nSPS) is 11.8. The number of carbonyl (C=O) groups excluding carboxylic acids is 2. The number of ether oxygens (including phenoxy) is 2. The minimum absolute atomic E-state index is 0.0312. The molecule has 0 spiro atoms. The molecular weight excluding hydrogens is 400 g/mol. The van der Waals surface area contributed by atoms with E-state index >= 15 is 0 Å². The van der Waals surface area contributed by atoms with Gasteiger partial charge in [-0.05, 0) is 42.8 Å². The average molecular weight is 420 g/mol. The Morgan fingerprint density at radius 2 is 1.81 bits per heavy atom. The molecule has 2 amide bonds. The van der Waals surface area contributed by atoms with Crippen molar-refractivity contribution in [1.29, 1.82) is 0 Å². The number of rotatable bonds is 6. The zero-order chi connectivity index (χ0) is 21.8. The highest BCUT2D eigenvalue weighted by molar-refractivity contribution is 6.02. The third-order valence-electron chi connectivity index (χ3n) is 4.63. The van der Waals surface area contributed by atoms with Crippen molar-refractivity contribution < 1.29 is 19.1 Å². The van der Waals surface area contributed by atoms with Crippen LogP contribution in [0.4, 0.5) is 5.69 Å². The number of carbonyl (C=O) groups is 2. The number of aromatic nitrogens is 2. The molecule has 1 aliphatic heterocycles. The molecule has 4 rings (SSSR count). The monoisotopic (exact) mass is 420 g/mol. The minimum Gasteiger partial charge on any atom is -0.454 e. The highest BCUT2D eigenvalue weighted by Crippen LogP contribution is 2.32. The van der Waals surface area contributed by atoms with Crippen molar-refractivity contribution in [1.82, 2.24) is 15.1 Å². The summed E-state index contributed by atoms with van der Waals surface area (Å²) in [6.45, 7) is 2.06. The first-order valence-electron chi connectivity index (χ1n) is 9.59. The van der Waals surface area contributed by atoms with Gasteiger partial charge in [0.15, 0.2) is 11.5 Å². The Balaban J connectivity index is 1.38. The summed E-state index contributed by atoms with van der Waals surface area (Å²) in [4.78, 5) is 36.8. The second-order valence-corrected chi connectivity index (χ2v) is 7.00. The molecule has 0 fully saturated rings. The summed E-state index contributed by atoms with van der Waals surface area (Å²) in [6.07, 6.45) is 0. The third-order valence-corrected chi connectivity index (χ3v) is 4.63. The molecule has 158 valence electrons. The maximum Gasteiger partial charge on any atom is 0.276 e. The largest absolute Gasteiger partial charge is 0.454 e. The lowest BCUT2D eigenvalue weighted by molar-refractivity contribution is -0.122. The van der Waals surface area contributed by atoms with Crippen molar-refractivity contribution in [3.63, 3.8) is 0 Å². The van der Waals surface area contributed by atoms with Gasteiger partial charge in [0.25, 0.3) is 11.5 Å². The molecule has 2 N–H and O–H groups in total. The minimum atomic E-state index is -0.481. The molecule has 0 aliphatic carbocycles. The average Bonchev–Trinajstić information content (AvgIpc) is 3.23. The van der Waals surface area contributed by atoms with Crippen LogP contribution in [-0.2, 0) is 17.9 Å². The van der Waals surface area contributed by atoms with Crippen LogP contribution >= 0.6 is 0 Å². The first kappa shape index (κ1) is 20.1. The lowest BCUT2D eigenvalue weighted by Crippen LogP contribution is -2.34. The molecule has 31 heavy (non-hydrogen) atoms. The molecular formula is C22H20N4O5. The Morgan fingerprint density at radius 1 is 1.03 bits per heavy atom. The van der Waals surface area contributed by atoms with E-state index in [1.165, 1.54) is 12.1 Å². The predicted octanol–water partition coefficient (Wildman–Crippen LogP) is 1.85. The van der Waals surface area contributed by atoms with Gasteiger partial charge in [-0.25, -0.2) is 4.68 Å². The van der Waals surface area contributed by atoms with Crippen LogP contribution in [0.3, 0.4) is 0 Å². The third kappa shape index (κ3) is 4.89. The van der Waals surface area contributed by atoms with E-state index in [4.69, 9.17) is 9.47 Å². The Kier molecular flexibility index (Phi) is 5.65. The summed E-state index contributed by atoms with van der Waals surface area (Å²) in [5, 5.41) is 9.46. The van der Waals surface area contributed by atoms with Gasteiger partial charge >= 0.3 is 0 Å². The standard InChI is InChI=1S/C22H20N4O5/c1-14-2-5-16(6-3-14)24-22(29)17-7-9-21(28)26(25-17)12-20(27)23-11-15-4-8-18-19(10-15)31-13-30-18/h2-10H,11-13H2,1H3,(H,23,27)(H,24,29). The zero-order valence-electron chi connectivity index (χ0n) is 16.8. The summed E-state index contributed by atoms with van der Waals surface area (Å²) in [5.41, 5.74) is 2.05. The van der Waals surface area contributed by atoms with E-state index in [0.717, 1.165) is 15.8 Å². The summed E-state index contributed by atoms with van der Waals surface area (Å²) in [6, 6.07) is 15.2. The summed E-state index contributed by atoms with van der Waals surface area (Å²) in [5.74, 6) is 0.394. The fourth-order valence-corrected chi connectivity index (χ4v) is 2.96. The number of benzene rings is 2. The van der Waals surface area contributed by atoms with Gasteiger partial charge in [0.2, 0.25) is 12.7 Å². The molecule has 0 bridgehead atoms. The van der Waals surface area contributed by atoms with Crippen LogP contribution in [0.5, 0.6) is 11.5 Å². The lowest BCUT2D eigenvalue weighted by atomic mass is 10.2. The van der Waals surface area contributed by atoms with Crippen molar-refractivity contribution in [3.8, 4) is 11.5 Å². The van der Waals surface area contributed by atoms with Crippen molar-refractivity contribution in [2.24, 2.45) is 0 Å². The maximum atomic E-state index is 12.4. The van der Waals surface area contributed by atoms with E-state index in [1.54, 1.807) is 24.3 Å². The molecule has 0 radical (unpaired) electrons. The Hall–Kier alpha value is -4.14. The number of amides is 2. The molecule has 9 heteroatoms. The van der Waals surface area contributed by atoms with Crippen molar-refractivity contribution in [2.45, 2.75) is 20.0 Å². The molecule has 0 unspecified atom stereocenters. The van der Waals surface area contributed by atoms with Crippen LogP contribution < -0.4 is 25.7 Å². The fourth-order valence-electron chi connectivity index (χ4n) is 2.96. The summed E-state index contributed by atoms with van der Waals surface area (Å²) >= 11 is 0. The van der Waals surface area contributed by atoms with Crippen molar-refractivity contribution >= 4 is 17.5 Å². The molecule has 2 aromatic carbocycles. The quantitative estimate of drug-likeness (QED) is 0.630. The number of anilines is 1. The molecule has 9 nitrogen and oxygen atoms in total. The summed E-state index contributed by atoms with van der Waals surface area (Å²) in [7, 11) is 0. The van der Waals surface area contributed by atoms with Crippen molar-refractivity contribution in [3.05, 3.63) is 81.8 Å². The number of aryl methyl sites for hydroxylation is 1. The topological polar surface area (TPSA) is 112 Å². The van der Waals surface area contributed by atoms with E-state index in [9.17, 15) is 14.4 Å². The van der Waals surface area contributed by atoms with Gasteiger partial charge in [-0.2, -0.15) is 5.10 Å². The Labute approximate surface area is 177 Å². The lowest BCUT2D eigenvalue weighted by Gasteiger charge is -2.09. The number of hydrogen-bond donors (Lipinski definition) is 2. The van der Waals surface area contributed by atoms with Crippen LogP contribution in [0.25, 0.3) is 0 Å². The zero-order valence-corrected chi connectivity index (χ0v) is 16.8. The van der Waals surface area contributed by atoms with Crippen molar-refractivity contribution in [2.75, 3.05) is 12.1 Å². The molecule has 2 heterocycles. The molecule has 0 saturated heterocycles. The van der Waals surface area contributed by atoms with Gasteiger partial charge in [-0.15, -0.1) is 0 Å². The van der Waals surface area contributed by atoms with Crippen LogP contribution in [0.2, 0.25) is 0 Å². The molecule has 0 atom stereocenters. The van der Waals surface area contributed by atoms with Gasteiger partial charge < -0.3 is 20.1 Å². The van der Waals surface area contributed by atoms with Gasteiger partial charge in [-0.1, -0.05) is 23.8 Å². The van der Waals surface area contributed by atoms with E-state index < -0.39 is 17.4 Å². The van der Waals surface area contributed by atoms with Crippen LogP contribution in [0.1, 0.15) is 21.6 Å². The van der Waals surface area contributed by atoms with Gasteiger partial charge in [0.05, 0.1) is 0 Å². The highest BCUT2D eigenvalue weighted by Gasteiger charge is 2.15.